The van der Waals surface area contributed by atoms with Gasteiger partial charge in [-0.25, -0.2) is 8.42 Å². The summed E-state index contributed by atoms with van der Waals surface area (Å²) in [5.74, 6) is 1.04. The summed E-state index contributed by atoms with van der Waals surface area (Å²) in [4.78, 5) is 0. The van der Waals surface area contributed by atoms with Crippen molar-refractivity contribution in [3.63, 3.8) is 0 Å². The van der Waals surface area contributed by atoms with E-state index in [1.165, 1.54) is 0 Å². The second-order valence-electron chi connectivity index (χ2n) is 3.31. The molecule has 1 aliphatic heterocycles. The zero-order chi connectivity index (χ0) is 10.0. The molecule has 1 fully saturated rings. The van der Waals surface area contributed by atoms with Gasteiger partial charge in [0.25, 0.3) is 0 Å². The fraction of sp³-hybridized carbons (Fsp3) is 0.833. The van der Waals surface area contributed by atoms with Crippen LogP contribution in [-0.2, 0) is 16.4 Å². The smallest absolute Gasteiger partial charge is 0.188 e. The molecule has 0 amide bonds. The van der Waals surface area contributed by atoms with E-state index in [-0.39, 0.29) is 17.5 Å². The standard InChI is InChI=1S/C6H11N5O2S/c12-14(13)2-1-5(4-14)7-3-6-8-10-11-9-6/h5,7H,1-4H2,(H,8,9,10,11). The molecule has 1 aromatic heterocycles. The molecular formula is C6H11N5O2S. The summed E-state index contributed by atoms with van der Waals surface area (Å²) in [6.07, 6.45) is 0.667. The Hall–Kier alpha value is -1.02. The van der Waals surface area contributed by atoms with Gasteiger partial charge >= 0.3 is 0 Å². The van der Waals surface area contributed by atoms with Crippen LogP contribution in [0.15, 0.2) is 0 Å². The normalized spacial score (nSPS) is 25.3. The van der Waals surface area contributed by atoms with Crippen molar-refractivity contribution in [2.75, 3.05) is 11.5 Å². The maximum Gasteiger partial charge on any atom is 0.188 e. The number of aromatic amines is 1. The number of aromatic nitrogens is 4. The highest BCUT2D eigenvalue weighted by molar-refractivity contribution is 7.91. The van der Waals surface area contributed by atoms with Gasteiger partial charge in [-0.15, -0.1) is 10.2 Å². The first kappa shape index (κ1) is 9.53. The molecule has 2 heterocycles. The Bertz CT molecular complexity index is 386. The van der Waals surface area contributed by atoms with Crippen LogP contribution in [0.3, 0.4) is 0 Å². The molecule has 8 heteroatoms. The minimum absolute atomic E-state index is 0.0264. The molecule has 1 aliphatic rings. The van der Waals surface area contributed by atoms with Gasteiger partial charge in [0.05, 0.1) is 18.1 Å². The third-order valence-corrected chi connectivity index (χ3v) is 3.94. The monoisotopic (exact) mass is 217 g/mol. The first-order valence-electron chi connectivity index (χ1n) is 4.32. The number of tetrazole rings is 1. The molecule has 0 radical (unpaired) electrons. The van der Waals surface area contributed by atoms with E-state index in [1.807, 2.05) is 0 Å². The van der Waals surface area contributed by atoms with Crippen LogP contribution in [0.25, 0.3) is 0 Å². The molecule has 0 aromatic carbocycles. The average Bonchev–Trinajstić information content (AvgIpc) is 2.70. The molecule has 0 saturated carbocycles. The summed E-state index contributed by atoms with van der Waals surface area (Å²) in [6, 6.07) is 0.0264. The number of nitrogens with zero attached hydrogens (tertiary/aromatic N) is 3. The van der Waals surface area contributed by atoms with Crippen molar-refractivity contribution in [1.29, 1.82) is 0 Å². The summed E-state index contributed by atoms with van der Waals surface area (Å²) >= 11 is 0. The van der Waals surface area contributed by atoms with Gasteiger partial charge in [-0.3, -0.25) is 0 Å². The fourth-order valence-electron chi connectivity index (χ4n) is 1.45. The molecule has 1 saturated heterocycles. The zero-order valence-corrected chi connectivity index (χ0v) is 8.29. The Morgan fingerprint density at radius 1 is 1.57 bits per heavy atom. The molecule has 1 atom stereocenters. The van der Waals surface area contributed by atoms with Crippen LogP contribution < -0.4 is 5.32 Å². The molecule has 7 nitrogen and oxygen atoms in total. The molecule has 14 heavy (non-hydrogen) atoms. The predicted molar refractivity (Wildman–Crippen MR) is 48.1 cm³/mol. The molecule has 0 aliphatic carbocycles. The number of hydrogen-bond donors (Lipinski definition) is 2. The van der Waals surface area contributed by atoms with Crippen LogP contribution in [0, 0.1) is 0 Å². The minimum atomic E-state index is -2.81. The van der Waals surface area contributed by atoms with E-state index >= 15 is 0 Å². The van der Waals surface area contributed by atoms with Gasteiger partial charge in [0, 0.05) is 6.04 Å². The van der Waals surface area contributed by atoms with Crippen LogP contribution >= 0.6 is 0 Å². The minimum Gasteiger partial charge on any atom is -0.306 e. The lowest BCUT2D eigenvalue weighted by Gasteiger charge is -2.07. The lowest BCUT2D eigenvalue weighted by molar-refractivity contribution is 0.542. The Morgan fingerprint density at radius 3 is 3.00 bits per heavy atom. The SMILES string of the molecule is O=S1(=O)CCC(NCc2nn[nH]n2)C1. The van der Waals surface area contributed by atoms with E-state index in [4.69, 9.17) is 0 Å². The van der Waals surface area contributed by atoms with E-state index in [0.717, 1.165) is 0 Å². The van der Waals surface area contributed by atoms with Crippen molar-refractivity contribution in [1.82, 2.24) is 25.9 Å². The van der Waals surface area contributed by atoms with Gasteiger partial charge in [0.15, 0.2) is 15.7 Å². The van der Waals surface area contributed by atoms with Crippen molar-refractivity contribution >= 4 is 9.84 Å². The van der Waals surface area contributed by atoms with Gasteiger partial charge in [-0.05, 0) is 6.42 Å². The van der Waals surface area contributed by atoms with Crippen LogP contribution in [-0.4, -0.2) is 46.6 Å². The van der Waals surface area contributed by atoms with Crippen molar-refractivity contribution in [2.45, 2.75) is 19.0 Å². The summed E-state index contributed by atoms with van der Waals surface area (Å²) in [5, 5.41) is 16.3. The van der Waals surface area contributed by atoms with E-state index in [1.54, 1.807) is 0 Å². The van der Waals surface area contributed by atoms with Gasteiger partial charge in [-0.2, -0.15) is 5.21 Å². The Labute approximate surface area is 81.2 Å². The Balaban J connectivity index is 1.83. The lowest BCUT2D eigenvalue weighted by Crippen LogP contribution is -2.29. The molecule has 1 aromatic rings. The lowest BCUT2D eigenvalue weighted by atomic mass is 10.2. The molecule has 0 spiro atoms. The van der Waals surface area contributed by atoms with Crippen LogP contribution in [0.5, 0.6) is 0 Å². The Morgan fingerprint density at radius 2 is 2.43 bits per heavy atom. The summed E-state index contributed by atoms with van der Waals surface area (Å²) in [5.41, 5.74) is 0. The van der Waals surface area contributed by atoms with Crippen molar-refractivity contribution in [3.8, 4) is 0 Å². The molecule has 1 unspecified atom stereocenters. The van der Waals surface area contributed by atoms with E-state index in [9.17, 15) is 8.42 Å². The number of hydrogen-bond acceptors (Lipinski definition) is 6. The van der Waals surface area contributed by atoms with Crippen LogP contribution in [0.2, 0.25) is 0 Å². The summed E-state index contributed by atoms with van der Waals surface area (Å²) in [6.45, 7) is 0.455. The highest BCUT2D eigenvalue weighted by atomic mass is 32.2. The average molecular weight is 217 g/mol. The van der Waals surface area contributed by atoms with Gasteiger partial charge in [0.1, 0.15) is 0 Å². The van der Waals surface area contributed by atoms with Gasteiger partial charge < -0.3 is 5.32 Å². The van der Waals surface area contributed by atoms with Gasteiger partial charge in [0.2, 0.25) is 0 Å². The number of rotatable bonds is 3. The van der Waals surface area contributed by atoms with E-state index in [2.05, 4.69) is 25.9 Å². The Kier molecular flexibility index (Phi) is 2.46. The largest absolute Gasteiger partial charge is 0.306 e. The van der Waals surface area contributed by atoms with Gasteiger partial charge in [-0.1, -0.05) is 5.21 Å². The molecule has 2 rings (SSSR count). The van der Waals surface area contributed by atoms with Crippen molar-refractivity contribution in [2.24, 2.45) is 0 Å². The fourth-order valence-corrected chi connectivity index (χ4v) is 3.16. The van der Waals surface area contributed by atoms with Crippen LogP contribution in [0.1, 0.15) is 12.2 Å². The summed E-state index contributed by atoms with van der Waals surface area (Å²) < 4.78 is 22.2. The molecule has 0 bridgehead atoms. The van der Waals surface area contributed by atoms with Crippen molar-refractivity contribution in [3.05, 3.63) is 5.82 Å². The summed E-state index contributed by atoms with van der Waals surface area (Å²) in [7, 11) is -2.81. The highest BCUT2D eigenvalue weighted by Gasteiger charge is 2.27. The number of H-pyrrole nitrogens is 1. The first-order chi connectivity index (χ1) is 6.66. The maximum absolute atomic E-state index is 11.1. The second-order valence-corrected chi connectivity index (χ2v) is 5.54. The van der Waals surface area contributed by atoms with Crippen LogP contribution in [0.4, 0.5) is 0 Å². The molecular weight excluding hydrogens is 206 g/mol. The highest BCUT2D eigenvalue weighted by Crippen LogP contribution is 2.11. The second kappa shape index (κ2) is 3.62. The number of nitrogens with one attached hydrogen (secondary N) is 2. The molecule has 78 valence electrons. The zero-order valence-electron chi connectivity index (χ0n) is 7.47. The third kappa shape index (κ3) is 2.26. The van der Waals surface area contributed by atoms with E-state index in [0.29, 0.717) is 18.8 Å². The quantitative estimate of drug-likeness (QED) is 0.637. The van der Waals surface area contributed by atoms with Crippen molar-refractivity contribution < 1.29 is 8.42 Å². The topological polar surface area (TPSA) is 101 Å². The molecule has 2 N–H and O–H groups in total. The predicted octanol–water partition coefficient (Wildman–Crippen LogP) is -1.52. The number of sulfone groups is 1. The van der Waals surface area contributed by atoms with E-state index < -0.39 is 9.84 Å². The first-order valence-corrected chi connectivity index (χ1v) is 6.14. The third-order valence-electron chi connectivity index (χ3n) is 2.17. The maximum atomic E-state index is 11.1.